The molecule has 0 saturated heterocycles. The van der Waals surface area contributed by atoms with Crippen LogP contribution < -0.4 is 21.5 Å². The quantitative estimate of drug-likeness (QED) is 0.439. The minimum Gasteiger partial charge on any atom is -0.326 e. The molecular formula is C20H14Cl3N5O3. The second-order valence-corrected chi connectivity index (χ2v) is 8.07. The minimum atomic E-state index is -1.04. The number of hydrogen-bond acceptors (Lipinski definition) is 5. The largest absolute Gasteiger partial charge is 0.326 e. The van der Waals surface area contributed by atoms with E-state index in [2.05, 4.69) is 25.9 Å². The summed E-state index contributed by atoms with van der Waals surface area (Å²) in [7, 11) is 0. The highest BCUT2D eigenvalue weighted by atomic mass is 35.5. The van der Waals surface area contributed by atoms with Crippen molar-refractivity contribution in [2.45, 2.75) is 12.3 Å². The van der Waals surface area contributed by atoms with E-state index < -0.39 is 23.3 Å². The van der Waals surface area contributed by atoms with Gasteiger partial charge in [0, 0.05) is 32.9 Å². The van der Waals surface area contributed by atoms with Gasteiger partial charge >= 0.3 is 0 Å². The molecule has 2 heterocycles. The maximum atomic E-state index is 12.9. The zero-order chi connectivity index (χ0) is 22.1. The minimum absolute atomic E-state index is 0.0146. The first-order valence-electron chi connectivity index (χ1n) is 9.02. The number of amides is 2. The summed E-state index contributed by atoms with van der Waals surface area (Å²) in [5.74, 6) is -1.91. The van der Waals surface area contributed by atoms with Gasteiger partial charge in [0.15, 0.2) is 0 Å². The average Bonchev–Trinajstić information content (AvgIpc) is 2.68. The van der Waals surface area contributed by atoms with Crippen molar-refractivity contribution in [1.29, 1.82) is 0 Å². The zero-order valence-corrected chi connectivity index (χ0v) is 17.9. The molecule has 0 aliphatic carbocycles. The third-order valence-corrected chi connectivity index (χ3v) is 5.19. The number of benzene rings is 2. The van der Waals surface area contributed by atoms with Gasteiger partial charge in [0.2, 0.25) is 17.8 Å². The number of rotatable bonds is 4. The molecule has 1 aliphatic heterocycles. The van der Waals surface area contributed by atoms with Crippen molar-refractivity contribution >= 4 is 69.8 Å². The molecule has 0 unspecified atom stereocenters. The third kappa shape index (κ3) is 4.82. The Labute approximate surface area is 190 Å². The maximum absolute atomic E-state index is 12.9. The van der Waals surface area contributed by atoms with Crippen LogP contribution in [0.1, 0.15) is 17.9 Å². The van der Waals surface area contributed by atoms with Gasteiger partial charge in [-0.25, -0.2) is 0 Å². The van der Waals surface area contributed by atoms with Gasteiger partial charge in [-0.15, -0.1) is 0 Å². The van der Waals surface area contributed by atoms with Crippen molar-refractivity contribution in [1.82, 2.24) is 9.97 Å². The van der Waals surface area contributed by atoms with Crippen molar-refractivity contribution in [2.75, 3.05) is 16.0 Å². The normalized spacial score (nSPS) is 15.1. The average molecular weight is 479 g/mol. The molecule has 0 saturated carbocycles. The van der Waals surface area contributed by atoms with Crippen molar-refractivity contribution < 1.29 is 9.59 Å². The van der Waals surface area contributed by atoms with E-state index in [-0.39, 0.29) is 23.8 Å². The van der Waals surface area contributed by atoms with Crippen LogP contribution in [0.5, 0.6) is 0 Å². The van der Waals surface area contributed by atoms with Crippen LogP contribution in [-0.2, 0) is 9.59 Å². The Balaban J connectivity index is 1.64. The van der Waals surface area contributed by atoms with E-state index in [1.165, 1.54) is 18.2 Å². The predicted molar refractivity (Wildman–Crippen MR) is 121 cm³/mol. The fourth-order valence-corrected chi connectivity index (χ4v) is 3.83. The van der Waals surface area contributed by atoms with Gasteiger partial charge in [0.25, 0.3) is 5.56 Å². The lowest BCUT2D eigenvalue weighted by molar-refractivity contribution is -0.123. The number of aromatic amines is 1. The van der Waals surface area contributed by atoms with Gasteiger partial charge in [-0.2, -0.15) is 4.98 Å². The Hall–Kier alpha value is -3.07. The maximum Gasteiger partial charge on any atom is 0.258 e. The lowest BCUT2D eigenvalue weighted by Crippen LogP contribution is -2.36. The molecule has 3 aromatic rings. The number of halogens is 3. The summed E-state index contributed by atoms with van der Waals surface area (Å²) in [5, 5.41) is 9.35. The van der Waals surface area contributed by atoms with Gasteiger partial charge in [-0.1, -0.05) is 34.8 Å². The van der Waals surface area contributed by atoms with Crippen LogP contribution in [-0.4, -0.2) is 21.8 Å². The molecule has 11 heteroatoms. The lowest BCUT2D eigenvalue weighted by Gasteiger charge is -2.23. The van der Waals surface area contributed by atoms with Gasteiger partial charge in [0.1, 0.15) is 5.82 Å². The molecule has 4 rings (SSSR count). The summed E-state index contributed by atoms with van der Waals surface area (Å²) in [6, 6.07) is 11.3. The Kier molecular flexibility index (Phi) is 5.86. The number of carbonyl (C=O) groups is 2. The van der Waals surface area contributed by atoms with Crippen LogP contribution in [0.3, 0.4) is 0 Å². The Bertz CT molecular complexity index is 1220. The summed E-state index contributed by atoms with van der Waals surface area (Å²) < 4.78 is 0. The molecule has 1 aromatic heterocycles. The summed E-state index contributed by atoms with van der Waals surface area (Å²) in [4.78, 5) is 44.7. The van der Waals surface area contributed by atoms with Crippen LogP contribution in [0.2, 0.25) is 15.1 Å². The highest BCUT2D eigenvalue weighted by Gasteiger charge is 2.34. The van der Waals surface area contributed by atoms with Gasteiger partial charge < -0.3 is 16.0 Å². The second kappa shape index (κ2) is 8.58. The number of fused-ring (bicyclic) bond motifs is 1. The molecule has 0 fully saturated rings. The molecule has 1 aliphatic rings. The first kappa shape index (κ1) is 21.2. The number of aromatic nitrogens is 2. The monoisotopic (exact) mass is 477 g/mol. The van der Waals surface area contributed by atoms with Crippen molar-refractivity contribution in [3.63, 3.8) is 0 Å². The van der Waals surface area contributed by atoms with E-state index in [0.29, 0.717) is 26.4 Å². The first-order valence-corrected chi connectivity index (χ1v) is 10.2. The van der Waals surface area contributed by atoms with Gasteiger partial charge in [0.05, 0.1) is 11.5 Å². The Morgan fingerprint density at radius 3 is 2.32 bits per heavy atom. The van der Waals surface area contributed by atoms with E-state index in [9.17, 15) is 14.4 Å². The second-order valence-electron chi connectivity index (χ2n) is 6.76. The molecule has 158 valence electrons. The SMILES string of the molecule is O=C1C[C@H](C(=O)Nc2cc(Cl)cc(Cl)c2)c2c(nc(Nc3ccc(Cl)cc3)[nH]c2=O)N1. The number of hydrogen-bond donors (Lipinski definition) is 4. The molecule has 31 heavy (non-hydrogen) atoms. The van der Waals surface area contributed by atoms with Crippen LogP contribution in [0, 0.1) is 0 Å². The summed E-state index contributed by atoms with van der Waals surface area (Å²) in [6.07, 6.45) is -0.206. The van der Waals surface area contributed by atoms with Gasteiger partial charge in [-0.3, -0.25) is 19.4 Å². The highest BCUT2D eigenvalue weighted by Crippen LogP contribution is 2.31. The zero-order valence-electron chi connectivity index (χ0n) is 15.6. The molecule has 0 radical (unpaired) electrons. The van der Waals surface area contributed by atoms with E-state index >= 15 is 0 Å². The van der Waals surface area contributed by atoms with Crippen LogP contribution >= 0.6 is 34.8 Å². The van der Waals surface area contributed by atoms with Gasteiger partial charge in [-0.05, 0) is 42.5 Å². The number of nitrogens with zero attached hydrogens (tertiary/aromatic N) is 1. The number of anilines is 4. The fraction of sp³-hybridized carbons (Fsp3) is 0.100. The Morgan fingerprint density at radius 1 is 0.968 bits per heavy atom. The summed E-state index contributed by atoms with van der Waals surface area (Å²) >= 11 is 17.8. The van der Waals surface area contributed by atoms with E-state index in [4.69, 9.17) is 34.8 Å². The van der Waals surface area contributed by atoms with Crippen LogP contribution in [0.25, 0.3) is 0 Å². The summed E-state index contributed by atoms with van der Waals surface area (Å²) in [5.41, 5.74) is 0.486. The molecule has 8 nitrogen and oxygen atoms in total. The highest BCUT2D eigenvalue weighted by molar-refractivity contribution is 6.35. The van der Waals surface area contributed by atoms with E-state index in [1.807, 2.05) is 0 Å². The van der Waals surface area contributed by atoms with Crippen molar-refractivity contribution in [3.8, 4) is 0 Å². The standard InChI is InChI=1S/C20H14Cl3N5O3/c21-9-1-3-12(4-2-9)25-20-27-17-16(19(31)28-20)14(8-15(29)26-17)18(30)24-13-6-10(22)5-11(23)7-13/h1-7,14H,8H2,(H,24,30)(H3,25,26,27,28,29,31)/t14-/m0/s1. The smallest absolute Gasteiger partial charge is 0.258 e. The Morgan fingerprint density at radius 2 is 1.65 bits per heavy atom. The molecule has 0 bridgehead atoms. The molecule has 2 amide bonds. The van der Waals surface area contributed by atoms with Crippen LogP contribution in [0.15, 0.2) is 47.3 Å². The number of carbonyl (C=O) groups excluding carboxylic acids is 2. The number of nitrogens with one attached hydrogen (secondary N) is 4. The van der Waals surface area contributed by atoms with E-state index in [0.717, 1.165) is 0 Å². The van der Waals surface area contributed by atoms with E-state index in [1.54, 1.807) is 24.3 Å². The topological polar surface area (TPSA) is 116 Å². The third-order valence-electron chi connectivity index (χ3n) is 4.50. The molecule has 2 aromatic carbocycles. The summed E-state index contributed by atoms with van der Waals surface area (Å²) in [6.45, 7) is 0. The van der Waals surface area contributed by atoms with Crippen LogP contribution in [0.4, 0.5) is 23.1 Å². The molecule has 4 N–H and O–H groups in total. The fourth-order valence-electron chi connectivity index (χ4n) is 3.18. The van der Waals surface area contributed by atoms with Crippen molar-refractivity contribution in [2.24, 2.45) is 0 Å². The molecule has 1 atom stereocenters. The van der Waals surface area contributed by atoms with Crippen molar-refractivity contribution in [3.05, 3.63) is 73.4 Å². The first-order chi connectivity index (χ1) is 14.8. The predicted octanol–water partition coefficient (Wildman–Crippen LogP) is 4.54. The number of H-pyrrole nitrogens is 1. The lowest BCUT2D eigenvalue weighted by atomic mass is 9.92. The molecule has 0 spiro atoms. The molecular weight excluding hydrogens is 465 g/mol.